The van der Waals surface area contributed by atoms with E-state index in [0.717, 1.165) is 15.6 Å². The molecule has 10 heteroatoms. The van der Waals surface area contributed by atoms with E-state index >= 15 is 0 Å². The second kappa shape index (κ2) is 13.3. The standard InChI is InChI=1S/C26H24BrCl2N3O4/c1-16(36-24-11-9-19(28)14-21(24)29)25(33)31-22(13-17-6-4-3-5-7-17)26(34)32-30-15-18-8-10-23(35-2)20(27)12-18/h3-12,14-16,22H,13H2,1-2H3,(H,31,33)(H,32,34)/b30-15-/t16-,22-/m1/s1. The molecule has 2 amide bonds. The number of methoxy groups -OCH3 is 1. The highest BCUT2D eigenvalue weighted by molar-refractivity contribution is 9.10. The van der Waals surface area contributed by atoms with Crippen LogP contribution < -0.4 is 20.2 Å². The van der Waals surface area contributed by atoms with Gasteiger partial charge in [-0.2, -0.15) is 5.10 Å². The molecular formula is C26H24BrCl2N3O4. The maximum absolute atomic E-state index is 13.0. The van der Waals surface area contributed by atoms with Crippen LogP contribution in [0.4, 0.5) is 0 Å². The number of carbonyl (C=O) groups excluding carboxylic acids is 2. The van der Waals surface area contributed by atoms with Crippen molar-refractivity contribution in [3.63, 3.8) is 0 Å². The van der Waals surface area contributed by atoms with E-state index in [1.807, 2.05) is 30.3 Å². The lowest BCUT2D eigenvalue weighted by Crippen LogP contribution is -2.50. The van der Waals surface area contributed by atoms with Crippen LogP contribution in [-0.4, -0.2) is 37.3 Å². The average molecular weight is 593 g/mol. The Balaban J connectivity index is 1.69. The Labute approximate surface area is 227 Å². The maximum atomic E-state index is 13.0. The van der Waals surface area contributed by atoms with Crippen molar-refractivity contribution in [2.45, 2.75) is 25.5 Å². The fraction of sp³-hybridized carbons (Fsp3) is 0.192. The van der Waals surface area contributed by atoms with E-state index in [-0.39, 0.29) is 11.4 Å². The van der Waals surface area contributed by atoms with Crippen molar-refractivity contribution in [1.29, 1.82) is 0 Å². The summed E-state index contributed by atoms with van der Waals surface area (Å²) in [4.78, 5) is 25.9. The minimum atomic E-state index is -0.921. The third-order valence-electron chi connectivity index (χ3n) is 5.05. The zero-order chi connectivity index (χ0) is 26.1. The van der Waals surface area contributed by atoms with E-state index in [1.54, 1.807) is 44.4 Å². The van der Waals surface area contributed by atoms with Gasteiger partial charge < -0.3 is 14.8 Å². The topological polar surface area (TPSA) is 89.0 Å². The van der Waals surface area contributed by atoms with Gasteiger partial charge in [0.2, 0.25) is 0 Å². The average Bonchev–Trinajstić information content (AvgIpc) is 2.86. The number of nitrogens with zero attached hydrogens (tertiary/aromatic N) is 1. The summed E-state index contributed by atoms with van der Waals surface area (Å²) in [6.07, 6.45) is 0.837. The van der Waals surface area contributed by atoms with Crippen molar-refractivity contribution in [2.75, 3.05) is 7.11 Å². The first kappa shape index (κ1) is 27.5. The highest BCUT2D eigenvalue weighted by Gasteiger charge is 2.25. The second-order valence-electron chi connectivity index (χ2n) is 7.71. The Bertz CT molecular complexity index is 1240. The smallest absolute Gasteiger partial charge is 0.262 e. The van der Waals surface area contributed by atoms with Crippen LogP contribution in [0.2, 0.25) is 10.0 Å². The Morgan fingerprint density at radius 2 is 1.75 bits per heavy atom. The van der Waals surface area contributed by atoms with Gasteiger partial charge in [0.15, 0.2) is 6.10 Å². The molecule has 188 valence electrons. The molecule has 0 fully saturated rings. The summed E-state index contributed by atoms with van der Waals surface area (Å²) in [6, 6.07) is 18.5. The monoisotopic (exact) mass is 591 g/mol. The molecule has 0 bridgehead atoms. The summed E-state index contributed by atoms with van der Waals surface area (Å²) in [7, 11) is 1.57. The summed E-state index contributed by atoms with van der Waals surface area (Å²) >= 11 is 15.5. The highest BCUT2D eigenvalue weighted by atomic mass is 79.9. The van der Waals surface area contributed by atoms with Crippen molar-refractivity contribution in [2.24, 2.45) is 5.10 Å². The van der Waals surface area contributed by atoms with Gasteiger partial charge in [0.1, 0.15) is 17.5 Å². The Morgan fingerprint density at radius 1 is 1.03 bits per heavy atom. The minimum absolute atomic E-state index is 0.260. The summed E-state index contributed by atoms with van der Waals surface area (Å²) in [5.74, 6) is 0.0222. The number of benzene rings is 3. The Hall–Kier alpha value is -3.07. The molecule has 0 radical (unpaired) electrons. The number of nitrogens with one attached hydrogen (secondary N) is 2. The third-order valence-corrected chi connectivity index (χ3v) is 6.20. The van der Waals surface area contributed by atoms with Gasteiger partial charge in [0.05, 0.1) is 22.8 Å². The van der Waals surface area contributed by atoms with Crippen LogP contribution in [0.15, 0.2) is 76.3 Å². The van der Waals surface area contributed by atoms with Crippen molar-refractivity contribution in [3.8, 4) is 11.5 Å². The molecule has 0 aliphatic rings. The lowest BCUT2D eigenvalue weighted by atomic mass is 10.1. The largest absolute Gasteiger partial charge is 0.496 e. The summed E-state index contributed by atoms with van der Waals surface area (Å²) in [5.41, 5.74) is 4.12. The zero-order valence-corrected chi connectivity index (χ0v) is 22.6. The summed E-state index contributed by atoms with van der Waals surface area (Å²) in [6.45, 7) is 1.57. The maximum Gasteiger partial charge on any atom is 0.262 e. The highest BCUT2D eigenvalue weighted by Crippen LogP contribution is 2.28. The van der Waals surface area contributed by atoms with Crippen molar-refractivity contribution in [3.05, 3.63) is 92.4 Å². The van der Waals surface area contributed by atoms with E-state index in [9.17, 15) is 9.59 Å². The van der Waals surface area contributed by atoms with Gasteiger partial charge in [0.25, 0.3) is 11.8 Å². The molecule has 2 N–H and O–H groups in total. The van der Waals surface area contributed by atoms with E-state index < -0.39 is 24.0 Å². The molecule has 0 unspecified atom stereocenters. The molecule has 0 spiro atoms. The molecule has 3 aromatic carbocycles. The number of rotatable bonds is 10. The number of hydrogen-bond donors (Lipinski definition) is 2. The normalized spacial score (nSPS) is 12.6. The molecular weight excluding hydrogens is 569 g/mol. The van der Waals surface area contributed by atoms with E-state index in [1.165, 1.54) is 12.3 Å². The predicted molar refractivity (Wildman–Crippen MR) is 145 cm³/mol. The quantitative estimate of drug-likeness (QED) is 0.243. The second-order valence-corrected chi connectivity index (χ2v) is 9.41. The first-order chi connectivity index (χ1) is 17.3. The van der Waals surface area contributed by atoms with Crippen LogP contribution in [0.1, 0.15) is 18.1 Å². The van der Waals surface area contributed by atoms with Crippen molar-refractivity contribution in [1.82, 2.24) is 10.7 Å². The van der Waals surface area contributed by atoms with Crippen LogP contribution >= 0.6 is 39.1 Å². The van der Waals surface area contributed by atoms with Gasteiger partial charge in [-0.15, -0.1) is 0 Å². The zero-order valence-electron chi connectivity index (χ0n) is 19.5. The number of carbonyl (C=O) groups is 2. The lowest BCUT2D eigenvalue weighted by molar-refractivity contribution is -0.132. The molecule has 0 aliphatic carbocycles. The number of hydrazone groups is 1. The molecule has 0 saturated carbocycles. The molecule has 36 heavy (non-hydrogen) atoms. The third kappa shape index (κ3) is 7.98. The van der Waals surface area contributed by atoms with Crippen LogP contribution in [0.25, 0.3) is 0 Å². The molecule has 2 atom stereocenters. The molecule has 7 nitrogen and oxygen atoms in total. The Morgan fingerprint density at radius 3 is 2.42 bits per heavy atom. The van der Waals surface area contributed by atoms with Crippen LogP contribution in [0.5, 0.6) is 11.5 Å². The van der Waals surface area contributed by atoms with Gasteiger partial charge in [-0.25, -0.2) is 5.43 Å². The summed E-state index contributed by atoms with van der Waals surface area (Å²) in [5, 5.41) is 7.52. The van der Waals surface area contributed by atoms with Crippen molar-refractivity contribution >= 4 is 57.2 Å². The van der Waals surface area contributed by atoms with Crippen LogP contribution in [-0.2, 0) is 16.0 Å². The van der Waals surface area contributed by atoms with Gasteiger partial charge in [0, 0.05) is 11.4 Å². The number of halogens is 3. The number of ether oxygens (including phenoxy) is 2. The van der Waals surface area contributed by atoms with E-state index in [2.05, 4.69) is 31.8 Å². The predicted octanol–water partition coefficient (Wildman–Crippen LogP) is 5.41. The van der Waals surface area contributed by atoms with Crippen LogP contribution in [0.3, 0.4) is 0 Å². The molecule has 0 heterocycles. The minimum Gasteiger partial charge on any atom is -0.496 e. The van der Waals surface area contributed by atoms with Gasteiger partial charge in [-0.3, -0.25) is 9.59 Å². The fourth-order valence-corrected chi connectivity index (χ4v) is 4.19. The first-order valence-corrected chi connectivity index (χ1v) is 12.4. The van der Waals surface area contributed by atoms with Gasteiger partial charge in [-0.1, -0.05) is 53.5 Å². The van der Waals surface area contributed by atoms with E-state index in [4.69, 9.17) is 32.7 Å². The Kier molecular flexibility index (Phi) is 10.2. The molecule has 0 aliphatic heterocycles. The molecule has 0 aromatic heterocycles. The fourth-order valence-electron chi connectivity index (χ4n) is 3.17. The molecule has 3 aromatic rings. The number of amides is 2. The van der Waals surface area contributed by atoms with Crippen molar-refractivity contribution < 1.29 is 19.1 Å². The SMILES string of the molecule is COc1ccc(/C=N\NC(=O)[C@@H](Cc2ccccc2)NC(=O)[C@@H](C)Oc2ccc(Cl)cc2Cl)cc1Br. The van der Waals surface area contributed by atoms with Crippen LogP contribution in [0, 0.1) is 0 Å². The summed E-state index contributed by atoms with van der Waals surface area (Å²) < 4.78 is 11.6. The van der Waals surface area contributed by atoms with E-state index in [0.29, 0.717) is 16.5 Å². The molecule has 0 saturated heterocycles. The first-order valence-electron chi connectivity index (χ1n) is 10.9. The lowest BCUT2D eigenvalue weighted by Gasteiger charge is -2.21. The molecule has 3 rings (SSSR count). The number of hydrogen-bond acceptors (Lipinski definition) is 5. The van der Waals surface area contributed by atoms with Gasteiger partial charge >= 0.3 is 0 Å². The van der Waals surface area contributed by atoms with Gasteiger partial charge in [-0.05, 0) is 70.4 Å².